The molecule has 12 heavy (non-hydrogen) atoms. The lowest BCUT2D eigenvalue weighted by atomic mass is 9.96. The standard InChI is InChI=1S/C8H16N2.2ClH/c1-10-6-2-3-8(10)4-5-9-7-8;;/h9H,2-7H2,1H3;2*1H. The number of nitrogens with one attached hydrogen (secondary N) is 1. The van der Waals surface area contributed by atoms with Crippen molar-refractivity contribution < 1.29 is 0 Å². The number of halogens is 2. The van der Waals surface area contributed by atoms with Crippen molar-refractivity contribution in [3.8, 4) is 0 Å². The van der Waals surface area contributed by atoms with Gasteiger partial charge in [0.05, 0.1) is 0 Å². The molecule has 2 heterocycles. The average molecular weight is 213 g/mol. The number of nitrogens with zero attached hydrogens (tertiary/aromatic N) is 1. The molecule has 0 aliphatic carbocycles. The fraction of sp³-hybridized carbons (Fsp3) is 1.00. The number of hydrogen-bond acceptors (Lipinski definition) is 2. The van der Waals surface area contributed by atoms with E-state index < -0.39 is 0 Å². The van der Waals surface area contributed by atoms with Gasteiger partial charge in [-0.3, -0.25) is 4.90 Å². The highest BCUT2D eigenvalue weighted by molar-refractivity contribution is 5.85. The Morgan fingerprint density at radius 1 is 1.25 bits per heavy atom. The van der Waals surface area contributed by atoms with E-state index in [-0.39, 0.29) is 24.8 Å². The largest absolute Gasteiger partial charge is 0.315 e. The Hall–Kier alpha value is 0.500. The molecule has 2 aliphatic rings. The van der Waals surface area contributed by atoms with Crippen molar-refractivity contribution in [1.82, 2.24) is 10.2 Å². The lowest BCUT2D eigenvalue weighted by molar-refractivity contribution is 0.196. The van der Waals surface area contributed by atoms with Crippen molar-refractivity contribution in [2.75, 3.05) is 26.7 Å². The zero-order valence-corrected chi connectivity index (χ0v) is 9.14. The van der Waals surface area contributed by atoms with Crippen LogP contribution in [0.1, 0.15) is 19.3 Å². The van der Waals surface area contributed by atoms with Crippen molar-refractivity contribution in [3.63, 3.8) is 0 Å². The fourth-order valence-corrected chi connectivity index (χ4v) is 2.34. The molecule has 1 spiro atoms. The number of hydrogen-bond donors (Lipinski definition) is 1. The molecule has 0 aromatic heterocycles. The van der Waals surface area contributed by atoms with Gasteiger partial charge in [-0.1, -0.05) is 0 Å². The minimum atomic E-state index is 0. The molecule has 2 rings (SSSR count). The second kappa shape index (κ2) is 4.66. The highest BCUT2D eigenvalue weighted by atomic mass is 35.5. The van der Waals surface area contributed by atoms with Gasteiger partial charge in [-0.15, -0.1) is 24.8 Å². The van der Waals surface area contributed by atoms with Crippen LogP contribution < -0.4 is 5.32 Å². The molecule has 2 saturated heterocycles. The summed E-state index contributed by atoms with van der Waals surface area (Å²) >= 11 is 0. The van der Waals surface area contributed by atoms with Crippen LogP contribution >= 0.6 is 24.8 Å². The minimum Gasteiger partial charge on any atom is -0.315 e. The van der Waals surface area contributed by atoms with Gasteiger partial charge in [0, 0.05) is 12.1 Å². The van der Waals surface area contributed by atoms with Gasteiger partial charge in [-0.2, -0.15) is 0 Å². The molecule has 2 aliphatic heterocycles. The Bertz CT molecular complexity index is 130. The molecule has 4 heteroatoms. The summed E-state index contributed by atoms with van der Waals surface area (Å²) in [7, 11) is 2.26. The van der Waals surface area contributed by atoms with E-state index >= 15 is 0 Å². The van der Waals surface area contributed by atoms with Crippen LogP contribution in [0.5, 0.6) is 0 Å². The van der Waals surface area contributed by atoms with E-state index in [1.807, 2.05) is 0 Å². The number of rotatable bonds is 0. The molecule has 74 valence electrons. The second-order valence-corrected chi connectivity index (χ2v) is 3.68. The molecule has 2 nitrogen and oxygen atoms in total. The molecular weight excluding hydrogens is 195 g/mol. The first-order valence-electron chi connectivity index (χ1n) is 4.25. The topological polar surface area (TPSA) is 15.3 Å². The summed E-state index contributed by atoms with van der Waals surface area (Å²) in [6.45, 7) is 3.76. The molecule has 2 fully saturated rings. The summed E-state index contributed by atoms with van der Waals surface area (Å²) in [5.41, 5.74) is 0.569. The average Bonchev–Trinajstić information content (AvgIpc) is 2.48. The summed E-state index contributed by atoms with van der Waals surface area (Å²) < 4.78 is 0. The van der Waals surface area contributed by atoms with Crippen LogP contribution in [0.2, 0.25) is 0 Å². The van der Waals surface area contributed by atoms with Crippen molar-refractivity contribution in [2.24, 2.45) is 0 Å². The first-order valence-corrected chi connectivity index (χ1v) is 4.25. The maximum absolute atomic E-state index is 3.44. The zero-order valence-electron chi connectivity index (χ0n) is 7.51. The van der Waals surface area contributed by atoms with Crippen LogP contribution in [0, 0.1) is 0 Å². The molecule has 0 aromatic carbocycles. The molecule has 1 atom stereocenters. The highest BCUT2D eigenvalue weighted by Gasteiger charge is 2.40. The van der Waals surface area contributed by atoms with Crippen molar-refractivity contribution in [3.05, 3.63) is 0 Å². The lowest BCUT2D eigenvalue weighted by Crippen LogP contribution is -2.42. The van der Waals surface area contributed by atoms with Gasteiger partial charge in [-0.25, -0.2) is 0 Å². The SMILES string of the molecule is CN1CCCC12CCNC2.Cl.Cl. The third-order valence-corrected chi connectivity index (χ3v) is 3.17. The molecule has 0 saturated carbocycles. The van der Waals surface area contributed by atoms with Crippen LogP contribution in [0.15, 0.2) is 0 Å². The predicted octanol–water partition coefficient (Wildman–Crippen LogP) is 1.29. The first-order chi connectivity index (χ1) is 4.83. The summed E-state index contributed by atoms with van der Waals surface area (Å²) in [5.74, 6) is 0. The van der Waals surface area contributed by atoms with Crippen LogP contribution in [-0.2, 0) is 0 Å². The Kier molecular flexibility index (Phi) is 4.85. The van der Waals surface area contributed by atoms with Crippen LogP contribution in [0.4, 0.5) is 0 Å². The van der Waals surface area contributed by atoms with E-state index in [2.05, 4.69) is 17.3 Å². The maximum Gasteiger partial charge on any atom is 0.0343 e. The molecule has 0 amide bonds. The molecule has 1 unspecified atom stereocenters. The van der Waals surface area contributed by atoms with Crippen LogP contribution in [-0.4, -0.2) is 37.1 Å². The van der Waals surface area contributed by atoms with Crippen molar-refractivity contribution in [2.45, 2.75) is 24.8 Å². The van der Waals surface area contributed by atoms with E-state index in [0.29, 0.717) is 5.54 Å². The van der Waals surface area contributed by atoms with E-state index in [9.17, 15) is 0 Å². The van der Waals surface area contributed by atoms with E-state index in [1.54, 1.807) is 0 Å². The van der Waals surface area contributed by atoms with Crippen LogP contribution in [0.3, 0.4) is 0 Å². The van der Waals surface area contributed by atoms with E-state index in [4.69, 9.17) is 0 Å². The summed E-state index contributed by atoms with van der Waals surface area (Å²) in [5, 5.41) is 3.44. The quantitative estimate of drug-likeness (QED) is 0.652. The monoisotopic (exact) mass is 212 g/mol. The first kappa shape index (κ1) is 12.5. The maximum atomic E-state index is 3.44. The molecule has 0 radical (unpaired) electrons. The molecule has 0 bridgehead atoms. The van der Waals surface area contributed by atoms with Gasteiger partial charge in [0.25, 0.3) is 0 Å². The third kappa shape index (κ3) is 1.87. The Balaban J connectivity index is 0.000000605. The minimum absolute atomic E-state index is 0. The molecule has 0 aromatic rings. The molecular formula is C8H18Cl2N2. The second-order valence-electron chi connectivity index (χ2n) is 3.68. The number of likely N-dealkylation sites (tertiary alicyclic amines) is 1. The van der Waals surface area contributed by atoms with Crippen molar-refractivity contribution in [1.29, 1.82) is 0 Å². The Morgan fingerprint density at radius 3 is 2.42 bits per heavy atom. The number of likely N-dealkylation sites (N-methyl/N-ethyl adjacent to an activating group) is 1. The highest BCUT2D eigenvalue weighted by Crippen LogP contribution is 2.32. The normalized spacial score (nSPS) is 34.8. The summed E-state index contributed by atoms with van der Waals surface area (Å²) in [6, 6.07) is 0. The van der Waals surface area contributed by atoms with Gasteiger partial charge < -0.3 is 5.32 Å². The van der Waals surface area contributed by atoms with Crippen LogP contribution in [0.25, 0.3) is 0 Å². The van der Waals surface area contributed by atoms with E-state index in [1.165, 1.54) is 38.9 Å². The zero-order chi connectivity index (χ0) is 7.03. The lowest BCUT2D eigenvalue weighted by Gasteiger charge is -2.30. The summed E-state index contributed by atoms with van der Waals surface area (Å²) in [6.07, 6.45) is 4.18. The molecule has 1 N–H and O–H groups in total. The Labute approximate surface area is 86.9 Å². The fourth-order valence-electron chi connectivity index (χ4n) is 2.34. The van der Waals surface area contributed by atoms with Crippen molar-refractivity contribution >= 4 is 24.8 Å². The van der Waals surface area contributed by atoms with E-state index in [0.717, 1.165) is 0 Å². The van der Waals surface area contributed by atoms with Gasteiger partial charge in [0.1, 0.15) is 0 Å². The van der Waals surface area contributed by atoms with Gasteiger partial charge in [-0.05, 0) is 39.4 Å². The summed E-state index contributed by atoms with van der Waals surface area (Å²) in [4.78, 5) is 2.53. The predicted molar refractivity (Wildman–Crippen MR) is 56.6 cm³/mol. The van der Waals surface area contributed by atoms with Gasteiger partial charge in [0.15, 0.2) is 0 Å². The van der Waals surface area contributed by atoms with Gasteiger partial charge in [0.2, 0.25) is 0 Å². The Morgan fingerprint density at radius 2 is 2.00 bits per heavy atom. The third-order valence-electron chi connectivity index (χ3n) is 3.17. The van der Waals surface area contributed by atoms with Gasteiger partial charge >= 0.3 is 0 Å². The smallest absolute Gasteiger partial charge is 0.0343 e.